The van der Waals surface area contributed by atoms with Gasteiger partial charge in [0.05, 0.1) is 39.0 Å². The molecule has 0 bridgehead atoms. The van der Waals surface area contributed by atoms with Crippen LogP contribution in [0.3, 0.4) is 0 Å². The zero-order valence-corrected chi connectivity index (χ0v) is 17.0. The number of hydrogen-bond acceptors (Lipinski definition) is 3. The van der Waals surface area contributed by atoms with Crippen molar-refractivity contribution in [3.05, 3.63) is 66.7 Å². The maximum Gasteiger partial charge on any atom is 0.282 e. The van der Waals surface area contributed by atoms with Crippen LogP contribution in [0.2, 0.25) is 0 Å². The molecular formula is C24H28N3O2+. The van der Waals surface area contributed by atoms with Crippen molar-refractivity contribution in [1.29, 1.82) is 0 Å². The Morgan fingerprint density at radius 1 is 1.00 bits per heavy atom. The lowest BCUT2D eigenvalue weighted by Crippen LogP contribution is -3.19. The zero-order chi connectivity index (χ0) is 20.2. The quantitative estimate of drug-likeness (QED) is 0.704. The molecule has 5 nitrogen and oxygen atoms in total. The number of nitrogens with zero attached hydrogens (tertiary/aromatic N) is 1. The van der Waals surface area contributed by atoms with Crippen LogP contribution in [-0.4, -0.2) is 45.2 Å². The highest BCUT2D eigenvalue weighted by molar-refractivity contribution is 5.96. The molecule has 3 aromatic rings. The summed E-state index contributed by atoms with van der Waals surface area (Å²) in [5, 5.41) is 5.41. The largest absolute Gasteiger partial charge is 0.495 e. The molecule has 0 aliphatic carbocycles. The van der Waals surface area contributed by atoms with Gasteiger partial charge in [0.2, 0.25) is 0 Å². The number of fused-ring (bicyclic) bond motifs is 1. The molecule has 2 N–H and O–H groups in total. The first-order chi connectivity index (χ1) is 14.2. The van der Waals surface area contributed by atoms with Crippen LogP contribution in [-0.2, 0) is 4.79 Å². The van der Waals surface area contributed by atoms with E-state index < -0.39 is 0 Å². The van der Waals surface area contributed by atoms with E-state index in [0.717, 1.165) is 48.7 Å². The van der Waals surface area contributed by atoms with Gasteiger partial charge in [-0.3, -0.25) is 4.79 Å². The predicted octanol–water partition coefficient (Wildman–Crippen LogP) is 2.58. The molecule has 1 aliphatic rings. The second kappa shape index (κ2) is 8.53. The molecule has 150 valence electrons. The number of piperazine rings is 1. The number of amides is 1. The van der Waals surface area contributed by atoms with Crippen LogP contribution in [0.25, 0.3) is 10.8 Å². The summed E-state index contributed by atoms with van der Waals surface area (Å²) in [5.41, 5.74) is 1.98. The number of ether oxygens (including phenoxy) is 1. The van der Waals surface area contributed by atoms with Crippen molar-refractivity contribution < 1.29 is 14.4 Å². The highest BCUT2D eigenvalue weighted by Crippen LogP contribution is 2.27. The van der Waals surface area contributed by atoms with Crippen molar-refractivity contribution >= 4 is 28.1 Å². The molecule has 1 heterocycles. The fraction of sp³-hybridized carbons (Fsp3) is 0.292. The number of methoxy groups -OCH3 is 1. The average molecular weight is 391 g/mol. The van der Waals surface area contributed by atoms with Crippen LogP contribution in [0.1, 0.15) is 6.92 Å². The molecule has 1 aliphatic heterocycles. The third-order valence-corrected chi connectivity index (χ3v) is 5.85. The molecular weight excluding hydrogens is 362 g/mol. The SMILES string of the molecule is COc1ccccc1N1CC[NH+]([C@@H](C)C(=O)Nc2ccc3ccccc3c2)CC1. The summed E-state index contributed by atoms with van der Waals surface area (Å²) in [6.45, 7) is 5.67. The fourth-order valence-corrected chi connectivity index (χ4v) is 4.06. The van der Waals surface area contributed by atoms with Gasteiger partial charge in [0, 0.05) is 5.69 Å². The fourth-order valence-electron chi connectivity index (χ4n) is 4.06. The molecule has 1 fully saturated rings. The number of hydrogen-bond donors (Lipinski definition) is 2. The Kier molecular flexibility index (Phi) is 5.67. The lowest BCUT2D eigenvalue weighted by atomic mass is 10.1. The first-order valence-electron chi connectivity index (χ1n) is 10.2. The van der Waals surface area contributed by atoms with Gasteiger partial charge in [-0.1, -0.05) is 42.5 Å². The minimum atomic E-state index is -0.0960. The van der Waals surface area contributed by atoms with Gasteiger partial charge < -0.3 is 19.9 Å². The second-order valence-electron chi connectivity index (χ2n) is 7.59. The minimum absolute atomic E-state index is 0.0704. The van der Waals surface area contributed by atoms with E-state index in [1.807, 2.05) is 49.4 Å². The van der Waals surface area contributed by atoms with Gasteiger partial charge in [-0.05, 0) is 42.0 Å². The van der Waals surface area contributed by atoms with Crippen molar-refractivity contribution in [2.45, 2.75) is 13.0 Å². The van der Waals surface area contributed by atoms with Gasteiger partial charge in [0.25, 0.3) is 5.91 Å². The van der Waals surface area contributed by atoms with Crippen LogP contribution in [0.15, 0.2) is 66.7 Å². The Bertz CT molecular complexity index is 996. The van der Waals surface area contributed by atoms with E-state index in [1.54, 1.807) is 7.11 Å². The highest BCUT2D eigenvalue weighted by Gasteiger charge is 2.30. The third kappa shape index (κ3) is 4.20. The van der Waals surface area contributed by atoms with E-state index in [9.17, 15) is 4.79 Å². The molecule has 29 heavy (non-hydrogen) atoms. The van der Waals surface area contributed by atoms with Crippen molar-refractivity contribution in [3.8, 4) is 5.75 Å². The van der Waals surface area contributed by atoms with Gasteiger partial charge in [0.1, 0.15) is 5.75 Å². The summed E-state index contributed by atoms with van der Waals surface area (Å²) < 4.78 is 5.50. The Hall–Kier alpha value is -3.05. The molecule has 0 unspecified atom stereocenters. The lowest BCUT2D eigenvalue weighted by molar-refractivity contribution is -0.914. The Labute approximate surface area is 171 Å². The molecule has 0 spiro atoms. The molecule has 0 radical (unpaired) electrons. The number of quaternary nitrogens is 1. The first kappa shape index (κ1) is 19.3. The summed E-state index contributed by atoms with van der Waals surface area (Å²) in [6, 6.07) is 22.3. The van der Waals surface area contributed by atoms with E-state index in [0.29, 0.717) is 0 Å². The van der Waals surface area contributed by atoms with Crippen LogP contribution < -0.4 is 19.9 Å². The second-order valence-corrected chi connectivity index (χ2v) is 7.59. The number of carbonyl (C=O) groups excluding carboxylic acids is 1. The summed E-state index contributed by atoms with van der Waals surface area (Å²) in [7, 11) is 1.71. The Morgan fingerprint density at radius 2 is 1.69 bits per heavy atom. The molecule has 1 atom stereocenters. The first-order valence-corrected chi connectivity index (χ1v) is 10.2. The van der Waals surface area contributed by atoms with Crippen LogP contribution in [0, 0.1) is 0 Å². The molecule has 3 aromatic carbocycles. The third-order valence-electron chi connectivity index (χ3n) is 5.85. The van der Waals surface area contributed by atoms with Crippen molar-refractivity contribution in [2.75, 3.05) is 43.5 Å². The summed E-state index contributed by atoms with van der Waals surface area (Å²) >= 11 is 0. The lowest BCUT2D eigenvalue weighted by Gasteiger charge is -2.36. The van der Waals surface area contributed by atoms with Crippen molar-refractivity contribution in [1.82, 2.24) is 0 Å². The predicted molar refractivity (Wildman–Crippen MR) is 118 cm³/mol. The molecule has 1 saturated heterocycles. The topological polar surface area (TPSA) is 46.0 Å². The highest BCUT2D eigenvalue weighted by atomic mass is 16.5. The standard InChI is InChI=1S/C24H27N3O2/c1-18(24(28)25-21-12-11-19-7-3-4-8-20(19)17-21)26-13-15-27(16-14-26)22-9-5-6-10-23(22)29-2/h3-12,17-18H,13-16H2,1-2H3,(H,25,28)/p+1/t18-/m0/s1. The van der Waals surface area contributed by atoms with Gasteiger partial charge in [-0.15, -0.1) is 0 Å². The summed E-state index contributed by atoms with van der Waals surface area (Å²) in [6.07, 6.45) is 0. The molecule has 4 rings (SSSR count). The molecule has 0 saturated carbocycles. The van der Waals surface area contributed by atoms with E-state index >= 15 is 0 Å². The smallest absolute Gasteiger partial charge is 0.282 e. The van der Waals surface area contributed by atoms with Crippen LogP contribution >= 0.6 is 0 Å². The van der Waals surface area contributed by atoms with E-state index in [4.69, 9.17) is 4.74 Å². The van der Waals surface area contributed by atoms with Gasteiger partial charge in [-0.25, -0.2) is 0 Å². The molecule has 0 aromatic heterocycles. The average Bonchev–Trinajstić information content (AvgIpc) is 2.78. The number of para-hydroxylation sites is 2. The number of anilines is 2. The van der Waals surface area contributed by atoms with Crippen LogP contribution in [0.4, 0.5) is 11.4 Å². The van der Waals surface area contributed by atoms with Gasteiger partial charge in [-0.2, -0.15) is 0 Å². The van der Waals surface area contributed by atoms with Crippen molar-refractivity contribution in [2.24, 2.45) is 0 Å². The minimum Gasteiger partial charge on any atom is -0.495 e. The number of benzene rings is 3. The molecule has 1 amide bonds. The summed E-state index contributed by atoms with van der Waals surface area (Å²) in [5.74, 6) is 0.971. The normalized spacial score (nSPS) is 15.9. The maximum atomic E-state index is 12.8. The monoisotopic (exact) mass is 390 g/mol. The van der Waals surface area contributed by atoms with E-state index in [1.165, 1.54) is 10.3 Å². The summed E-state index contributed by atoms with van der Waals surface area (Å²) in [4.78, 5) is 16.5. The van der Waals surface area contributed by atoms with E-state index in [-0.39, 0.29) is 11.9 Å². The van der Waals surface area contributed by atoms with E-state index in [2.05, 4.69) is 34.5 Å². The Balaban J connectivity index is 1.37. The molecule has 5 heteroatoms. The zero-order valence-electron chi connectivity index (χ0n) is 17.0. The number of rotatable bonds is 5. The van der Waals surface area contributed by atoms with Crippen LogP contribution in [0.5, 0.6) is 5.75 Å². The maximum absolute atomic E-state index is 12.8. The van der Waals surface area contributed by atoms with Gasteiger partial charge in [0.15, 0.2) is 6.04 Å². The number of carbonyl (C=O) groups is 1. The van der Waals surface area contributed by atoms with Crippen molar-refractivity contribution in [3.63, 3.8) is 0 Å². The number of nitrogens with one attached hydrogen (secondary N) is 2. The Morgan fingerprint density at radius 3 is 2.45 bits per heavy atom. The van der Waals surface area contributed by atoms with Gasteiger partial charge >= 0.3 is 0 Å².